The number of benzene rings is 2. The third-order valence-electron chi connectivity index (χ3n) is 4.24. The number of methoxy groups -OCH3 is 1. The molecule has 0 saturated heterocycles. The van der Waals surface area contributed by atoms with Crippen LogP contribution < -0.4 is 14.2 Å². The van der Waals surface area contributed by atoms with Gasteiger partial charge in [0.1, 0.15) is 13.2 Å². The van der Waals surface area contributed by atoms with E-state index in [0.717, 1.165) is 11.1 Å². The number of carbonyl (C=O) groups is 1. The number of fused-ring (bicyclic) bond motifs is 1. The minimum atomic E-state index is -0.564. The molecule has 1 aliphatic heterocycles. The Kier molecular flexibility index (Phi) is 4.84. The van der Waals surface area contributed by atoms with Crippen molar-refractivity contribution < 1.29 is 28.3 Å². The second-order valence-corrected chi connectivity index (χ2v) is 6.11. The van der Waals surface area contributed by atoms with Crippen LogP contribution in [0.25, 0.3) is 11.4 Å². The number of rotatable bonds is 5. The smallest absolute Gasteiger partial charge is 0.338 e. The van der Waals surface area contributed by atoms with Gasteiger partial charge in [-0.15, -0.1) is 0 Å². The first-order valence-electron chi connectivity index (χ1n) is 8.69. The fourth-order valence-corrected chi connectivity index (χ4v) is 2.85. The van der Waals surface area contributed by atoms with Gasteiger partial charge in [-0.05, 0) is 24.6 Å². The molecule has 4 rings (SSSR count). The Hall–Kier alpha value is -3.55. The van der Waals surface area contributed by atoms with Gasteiger partial charge in [0.2, 0.25) is 11.6 Å². The van der Waals surface area contributed by atoms with E-state index in [1.807, 2.05) is 31.2 Å². The molecule has 8 heteroatoms. The normalized spacial score (nSPS) is 12.5. The van der Waals surface area contributed by atoms with Gasteiger partial charge in [-0.1, -0.05) is 29.4 Å². The summed E-state index contributed by atoms with van der Waals surface area (Å²) >= 11 is 0. The van der Waals surface area contributed by atoms with Gasteiger partial charge >= 0.3 is 5.97 Å². The Morgan fingerprint density at radius 2 is 2.00 bits per heavy atom. The highest BCUT2D eigenvalue weighted by Gasteiger charge is 2.22. The van der Waals surface area contributed by atoms with E-state index in [2.05, 4.69) is 10.1 Å². The van der Waals surface area contributed by atoms with Crippen LogP contribution in [-0.4, -0.2) is 36.4 Å². The van der Waals surface area contributed by atoms with Gasteiger partial charge in [-0.25, -0.2) is 4.79 Å². The zero-order valence-corrected chi connectivity index (χ0v) is 15.4. The molecular weight excluding hydrogens is 364 g/mol. The Labute approximate surface area is 161 Å². The number of hydrogen-bond donors (Lipinski definition) is 0. The first-order chi connectivity index (χ1) is 13.7. The average Bonchev–Trinajstić information content (AvgIpc) is 3.20. The molecule has 144 valence electrons. The zero-order valence-electron chi connectivity index (χ0n) is 15.4. The van der Waals surface area contributed by atoms with Crippen molar-refractivity contribution in [3.63, 3.8) is 0 Å². The van der Waals surface area contributed by atoms with Gasteiger partial charge in [0.25, 0.3) is 5.89 Å². The molecule has 8 nitrogen and oxygen atoms in total. The van der Waals surface area contributed by atoms with Crippen LogP contribution in [0.15, 0.2) is 40.9 Å². The lowest BCUT2D eigenvalue weighted by atomic mass is 10.1. The van der Waals surface area contributed by atoms with Crippen LogP contribution in [0, 0.1) is 6.92 Å². The number of aromatic nitrogens is 2. The molecule has 0 amide bonds. The summed E-state index contributed by atoms with van der Waals surface area (Å²) in [7, 11) is 1.49. The van der Waals surface area contributed by atoms with Gasteiger partial charge in [0.05, 0.1) is 12.7 Å². The van der Waals surface area contributed by atoms with Crippen LogP contribution >= 0.6 is 0 Å². The van der Waals surface area contributed by atoms with Crippen molar-refractivity contribution in [1.29, 1.82) is 0 Å². The van der Waals surface area contributed by atoms with E-state index in [4.69, 9.17) is 23.5 Å². The quantitative estimate of drug-likeness (QED) is 0.621. The number of carbonyl (C=O) groups excluding carboxylic acids is 1. The minimum Gasteiger partial charge on any atom is -0.493 e. The predicted octanol–water partition coefficient (Wildman–Crippen LogP) is 3.18. The molecule has 0 radical (unpaired) electrons. The van der Waals surface area contributed by atoms with Crippen molar-refractivity contribution in [3.05, 3.63) is 53.4 Å². The third kappa shape index (κ3) is 3.48. The highest BCUT2D eigenvalue weighted by Crippen LogP contribution is 2.40. The van der Waals surface area contributed by atoms with Crippen LogP contribution in [-0.2, 0) is 11.3 Å². The fraction of sp³-hybridized carbons (Fsp3) is 0.250. The summed E-state index contributed by atoms with van der Waals surface area (Å²) in [5.41, 5.74) is 2.16. The topological polar surface area (TPSA) is 92.9 Å². The number of hydrogen-bond acceptors (Lipinski definition) is 8. The second-order valence-electron chi connectivity index (χ2n) is 6.11. The molecule has 0 fully saturated rings. The summed E-state index contributed by atoms with van der Waals surface area (Å²) in [4.78, 5) is 16.7. The maximum absolute atomic E-state index is 12.4. The van der Waals surface area contributed by atoms with Crippen LogP contribution in [0.5, 0.6) is 17.2 Å². The molecule has 0 saturated carbocycles. The summed E-state index contributed by atoms with van der Waals surface area (Å²) in [5, 5.41) is 3.95. The zero-order chi connectivity index (χ0) is 19.5. The van der Waals surface area contributed by atoms with E-state index in [1.54, 1.807) is 12.1 Å². The Balaban J connectivity index is 1.47. The molecule has 3 aromatic rings. The SMILES string of the molecule is COc1cc(C(=O)OCc2nc(-c3ccccc3C)no2)cc2c1OCCO2. The van der Waals surface area contributed by atoms with E-state index in [1.165, 1.54) is 7.11 Å². The molecule has 0 bridgehead atoms. The van der Waals surface area contributed by atoms with Crippen LogP contribution in [0.3, 0.4) is 0 Å². The predicted molar refractivity (Wildman–Crippen MR) is 97.6 cm³/mol. The third-order valence-corrected chi connectivity index (χ3v) is 4.24. The lowest BCUT2D eigenvalue weighted by Gasteiger charge is -2.21. The molecule has 1 aromatic heterocycles. The average molecular weight is 382 g/mol. The molecule has 0 atom stereocenters. The lowest BCUT2D eigenvalue weighted by Crippen LogP contribution is -2.17. The summed E-state index contributed by atoms with van der Waals surface area (Å²) in [6.45, 7) is 2.64. The van der Waals surface area contributed by atoms with Gasteiger partial charge in [0.15, 0.2) is 18.1 Å². The Bertz CT molecular complexity index is 996. The van der Waals surface area contributed by atoms with Crippen LogP contribution in [0.1, 0.15) is 21.8 Å². The molecule has 1 aliphatic rings. The summed E-state index contributed by atoms with van der Waals surface area (Å²) < 4.78 is 26.8. The van der Waals surface area contributed by atoms with Crippen molar-refractivity contribution in [2.24, 2.45) is 0 Å². The van der Waals surface area contributed by atoms with Crippen molar-refractivity contribution in [3.8, 4) is 28.6 Å². The van der Waals surface area contributed by atoms with Gasteiger partial charge in [-0.3, -0.25) is 0 Å². The molecule has 2 aromatic carbocycles. The summed E-state index contributed by atoms with van der Waals surface area (Å²) in [5.74, 6) is 1.42. The summed E-state index contributed by atoms with van der Waals surface area (Å²) in [6, 6.07) is 10.8. The van der Waals surface area contributed by atoms with Crippen LogP contribution in [0.4, 0.5) is 0 Å². The van der Waals surface area contributed by atoms with E-state index < -0.39 is 5.97 Å². The van der Waals surface area contributed by atoms with Crippen LogP contribution in [0.2, 0.25) is 0 Å². The maximum atomic E-state index is 12.4. The van der Waals surface area contributed by atoms with E-state index in [0.29, 0.717) is 36.3 Å². The standard InChI is InChI=1S/C20H18N2O6/c1-12-5-3-4-6-14(12)19-21-17(28-22-19)11-27-20(23)13-9-15(24-2)18-16(10-13)25-7-8-26-18/h3-6,9-10H,7-8,11H2,1-2H3. The van der Waals surface area contributed by atoms with E-state index in [-0.39, 0.29) is 18.1 Å². The number of nitrogens with zero attached hydrogens (tertiary/aromatic N) is 2. The minimum absolute atomic E-state index is 0.144. The van der Waals surface area contributed by atoms with E-state index in [9.17, 15) is 4.79 Å². The molecule has 0 aliphatic carbocycles. The second kappa shape index (κ2) is 7.59. The Morgan fingerprint density at radius 3 is 2.82 bits per heavy atom. The lowest BCUT2D eigenvalue weighted by molar-refractivity contribution is 0.0428. The van der Waals surface area contributed by atoms with Gasteiger partial charge in [0, 0.05) is 5.56 Å². The summed E-state index contributed by atoms with van der Waals surface area (Å²) in [6.07, 6.45) is 0. The Morgan fingerprint density at radius 1 is 1.18 bits per heavy atom. The van der Waals surface area contributed by atoms with Crippen molar-refractivity contribution in [2.75, 3.05) is 20.3 Å². The van der Waals surface area contributed by atoms with Gasteiger partial charge in [-0.2, -0.15) is 4.98 Å². The highest BCUT2D eigenvalue weighted by atomic mass is 16.6. The maximum Gasteiger partial charge on any atom is 0.338 e. The monoisotopic (exact) mass is 382 g/mol. The first kappa shape index (κ1) is 17.8. The number of esters is 1. The number of ether oxygens (including phenoxy) is 4. The first-order valence-corrected chi connectivity index (χ1v) is 8.69. The van der Waals surface area contributed by atoms with Crippen molar-refractivity contribution in [1.82, 2.24) is 10.1 Å². The molecular formula is C20H18N2O6. The van der Waals surface area contributed by atoms with Crippen molar-refractivity contribution in [2.45, 2.75) is 13.5 Å². The molecule has 0 unspecified atom stereocenters. The molecule has 28 heavy (non-hydrogen) atoms. The highest BCUT2D eigenvalue weighted by molar-refractivity contribution is 5.91. The largest absolute Gasteiger partial charge is 0.493 e. The fourth-order valence-electron chi connectivity index (χ4n) is 2.85. The van der Waals surface area contributed by atoms with Crippen molar-refractivity contribution >= 4 is 5.97 Å². The van der Waals surface area contributed by atoms with Gasteiger partial charge < -0.3 is 23.5 Å². The molecule has 0 N–H and O–H groups in total. The molecule has 0 spiro atoms. The molecule has 2 heterocycles. The number of aryl methyl sites for hydroxylation is 1. The van der Waals surface area contributed by atoms with E-state index >= 15 is 0 Å².